The number of benzene rings is 2. The number of hydrogen-bond acceptors (Lipinski definition) is 5. The molecule has 0 spiro atoms. The number of aromatic hydroxyl groups is 2. The standard InChI is InChI=1S/C10H15NO2.C9H13NO.BrH/c1-7(11-2)10(13)8-3-5-9(12)6-4-8;1-7(10)6-8-2-4-9(11)5-3-8;/h3-7,10-13H,1-2H3;2-5,7,11H,6,10H2,1H3;1H. The van der Waals surface area contributed by atoms with Gasteiger partial charge in [0.05, 0.1) is 6.10 Å². The molecule has 2 rings (SSSR count). The first kappa shape index (κ1) is 23.4. The van der Waals surface area contributed by atoms with E-state index in [9.17, 15) is 5.11 Å². The Labute approximate surface area is 160 Å². The van der Waals surface area contributed by atoms with E-state index in [0.717, 1.165) is 17.5 Å². The van der Waals surface area contributed by atoms with Crippen LogP contribution < -0.4 is 11.1 Å². The summed E-state index contributed by atoms with van der Waals surface area (Å²) in [6.45, 7) is 3.87. The number of hydrogen-bond donors (Lipinski definition) is 5. The van der Waals surface area contributed by atoms with E-state index in [1.807, 2.05) is 26.0 Å². The molecule has 3 atom stereocenters. The highest BCUT2D eigenvalue weighted by atomic mass is 79.9. The summed E-state index contributed by atoms with van der Waals surface area (Å²) in [6.07, 6.45) is 0.325. The maximum Gasteiger partial charge on any atom is 0.115 e. The van der Waals surface area contributed by atoms with Crippen molar-refractivity contribution in [2.75, 3.05) is 7.05 Å². The molecule has 0 aliphatic heterocycles. The first-order valence-electron chi connectivity index (χ1n) is 8.01. The normalized spacial score (nSPS) is 13.6. The molecular formula is C19H29BrN2O3. The predicted octanol–water partition coefficient (Wildman–Crippen LogP) is 2.89. The lowest BCUT2D eigenvalue weighted by Crippen LogP contribution is -2.28. The lowest BCUT2D eigenvalue weighted by Gasteiger charge is -2.18. The Morgan fingerprint density at radius 3 is 1.76 bits per heavy atom. The van der Waals surface area contributed by atoms with Crippen LogP contribution in [0, 0.1) is 0 Å². The van der Waals surface area contributed by atoms with Crippen LogP contribution in [0.25, 0.3) is 0 Å². The number of aliphatic hydroxyl groups excluding tert-OH is 1. The van der Waals surface area contributed by atoms with Gasteiger partial charge in [0.25, 0.3) is 0 Å². The van der Waals surface area contributed by atoms with Crippen LogP contribution in [0.15, 0.2) is 48.5 Å². The van der Waals surface area contributed by atoms with Gasteiger partial charge in [0.2, 0.25) is 0 Å². The largest absolute Gasteiger partial charge is 0.508 e. The van der Waals surface area contributed by atoms with Crippen LogP contribution in [0.4, 0.5) is 0 Å². The Hall–Kier alpha value is -1.60. The molecule has 25 heavy (non-hydrogen) atoms. The monoisotopic (exact) mass is 412 g/mol. The van der Waals surface area contributed by atoms with Crippen molar-refractivity contribution >= 4 is 17.0 Å². The zero-order valence-electron chi connectivity index (χ0n) is 14.9. The quantitative estimate of drug-likeness (QED) is 0.519. The molecule has 5 nitrogen and oxygen atoms in total. The molecule has 0 amide bonds. The molecule has 0 fully saturated rings. The van der Waals surface area contributed by atoms with Gasteiger partial charge in [0.1, 0.15) is 11.5 Å². The number of nitrogens with two attached hydrogens (primary N) is 1. The molecule has 0 bridgehead atoms. The predicted molar refractivity (Wildman–Crippen MR) is 107 cm³/mol. The molecular weight excluding hydrogens is 384 g/mol. The highest BCUT2D eigenvalue weighted by Crippen LogP contribution is 2.19. The molecule has 0 saturated carbocycles. The Morgan fingerprint density at radius 2 is 1.36 bits per heavy atom. The van der Waals surface area contributed by atoms with Crippen LogP contribution in [0.2, 0.25) is 0 Å². The molecule has 2 aromatic carbocycles. The highest BCUT2D eigenvalue weighted by Gasteiger charge is 2.13. The van der Waals surface area contributed by atoms with E-state index < -0.39 is 6.10 Å². The van der Waals surface area contributed by atoms with Gasteiger partial charge in [-0.25, -0.2) is 0 Å². The molecule has 0 aromatic heterocycles. The number of rotatable bonds is 5. The van der Waals surface area contributed by atoms with Gasteiger partial charge >= 0.3 is 0 Å². The van der Waals surface area contributed by atoms with Crippen molar-refractivity contribution < 1.29 is 15.3 Å². The Bertz CT molecular complexity index is 589. The molecule has 3 unspecified atom stereocenters. The van der Waals surface area contributed by atoms with Crippen molar-refractivity contribution in [1.82, 2.24) is 5.32 Å². The van der Waals surface area contributed by atoms with Crippen LogP contribution in [0.3, 0.4) is 0 Å². The smallest absolute Gasteiger partial charge is 0.115 e. The van der Waals surface area contributed by atoms with Crippen LogP contribution in [0.5, 0.6) is 11.5 Å². The fraction of sp³-hybridized carbons (Fsp3) is 0.368. The SMILES string of the molecule is Br.CC(N)Cc1ccc(O)cc1.CNC(C)C(O)c1ccc(O)cc1. The lowest BCUT2D eigenvalue weighted by atomic mass is 10.0. The van der Waals surface area contributed by atoms with Gasteiger partial charge in [-0.1, -0.05) is 24.3 Å². The van der Waals surface area contributed by atoms with Crippen LogP contribution in [-0.2, 0) is 6.42 Å². The van der Waals surface area contributed by atoms with Gasteiger partial charge in [-0.3, -0.25) is 0 Å². The van der Waals surface area contributed by atoms with Gasteiger partial charge < -0.3 is 26.4 Å². The number of phenols is 2. The molecule has 0 aliphatic rings. The summed E-state index contributed by atoms with van der Waals surface area (Å²) < 4.78 is 0. The minimum Gasteiger partial charge on any atom is -0.508 e. The third-order valence-electron chi connectivity index (χ3n) is 3.66. The summed E-state index contributed by atoms with van der Waals surface area (Å²) in [5, 5.41) is 30.7. The van der Waals surface area contributed by atoms with E-state index >= 15 is 0 Å². The average molecular weight is 413 g/mol. The molecule has 2 aromatic rings. The third kappa shape index (κ3) is 8.88. The van der Waals surface area contributed by atoms with Crippen LogP contribution in [0.1, 0.15) is 31.1 Å². The van der Waals surface area contributed by atoms with Crippen molar-refractivity contribution in [3.8, 4) is 11.5 Å². The Morgan fingerprint density at radius 1 is 0.920 bits per heavy atom. The summed E-state index contributed by atoms with van der Waals surface area (Å²) >= 11 is 0. The number of likely N-dealkylation sites (N-methyl/N-ethyl adjacent to an activating group) is 1. The second-order valence-electron chi connectivity index (χ2n) is 5.96. The van der Waals surface area contributed by atoms with Crippen LogP contribution >= 0.6 is 17.0 Å². The number of aliphatic hydroxyl groups is 1. The van der Waals surface area contributed by atoms with Crippen LogP contribution in [-0.4, -0.2) is 34.5 Å². The lowest BCUT2D eigenvalue weighted by molar-refractivity contribution is 0.140. The van der Waals surface area contributed by atoms with Crippen molar-refractivity contribution in [3.63, 3.8) is 0 Å². The molecule has 0 radical (unpaired) electrons. The summed E-state index contributed by atoms with van der Waals surface area (Å²) in [6, 6.07) is 13.9. The highest BCUT2D eigenvalue weighted by molar-refractivity contribution is 8.93. The van der Waals surface area contributed by atoms with E-state index in [1.54, 1.807) is 43.4 Å². The first-order valence-corrected chi connectivity index (χ1v) is 8.01. The third-order valence-corrected chi connectivity index (χ3v) is 3.66. The van der Waals surface area contributed by atoms with Crippen molar-refractivity contribution in [1.29, 1.82) is 0 Å². The number of phenolic OH excluding ortho intramolecular Hbond substituents is 2. The van der Waals surface area contributed by atoms with E-state index in [2.05, 4.69) is 5.32 Å². The van der Waals surface area contributed by atoms with E-state index in [0.29, 0.717) is 5.75 Å². The molecule has 6 N–H and O–H groups in total. The zero-order chi connectivity index (χ0) is 18.1. The van der Waals surface area contributed by atoms with Crippen molar-refractivity contribution in [3.05, 3.63) is 59.7 Å². The fourth-order valence-corrected chi connectivity index (χ4v) is 2.12. The molecule has 140 valence electrons. The second-order valence-corrected chi connectivity index (χ2v) is 5.96. The van der Waals surface area contributed by atoms with Gasteiger partial charge in [0.15, 0.2) is 0 Å². The first-order chi connectivity index (χ1) is 11.3. The fourth-order valence-electron chi connectivity index (χ4n) is 2.12. The second kappa shape index (κ2) is 11.9. The topological polar surface area (TPSA) is 98.7 Å². The summed E-state index contributed by atoms with van der Waals surface area (Å²) in [7, 11) is 1.80. The number of halogens is 1. The zero-order valence-corrected chi connectivity index (χ0v) is 16.6. The summed E-state index contributed by atoms with van der Waals surface area (Å²) in [5.74, 6) is 0.520. The molecule has 6 heteroatoms. The Balaban J connectivity index is 0.000000449. The summed E-state index contributed by atoms with van der Waals surface area (Å²) in [4.78, 5) is 0. The average Bonchev–Trinajstić information content (AvgIpc) is 2.56. The molecule has 0 saturated heterocycles. The minimum atomic E-state index is -0.536. The summed E-state index contributed by atoms with van der Waals surface area (Å²) in [5.41, 5.74) is 7.57. The molecule has 0 heterocycles. The van der Waals surface area contributed by atoms with E-state index in [1.165, 1.54) is 0 Å². The van der Waals surface area contributed by atoms with Gasteiger partial charge in [-0.05, 0) is 62.7 Å². The van der Waals surface area contributed by atoms with E-state index in [-0.39, 0.29) is 34.8 Å². The maximum atomic E-state index is 9.74. The van der Waals surface area contributed by atoms with Gasteiger partial charge in [-0.2, -0.15) is 0 Å². The van der Waals surface area contributed by atoms with E-state index in [4.69, 9.17) is 15.9 Å². The Kier molecular flexibility index (Phi) is 11.1. The number of nitrogens with one attached hydrogen (secondary N) is 1. The molecule has 0 aliphatic carbocycles. The van der Waals surface area contributed by atoms with Crippen molar-refractivity contribution in [2.24, 2.45) is 5.73 Å². The van der Waals surface area contributed by atoms with Crippen molar-refractivity contribution in [2.45, 2.75) is 38.5 Å². The van der Waals surface area contributed by atoms with Gasteiger partial charge in [0, 0.05) is 12.1 Å². The minimum absolute atomic E-state index is 0. The van der Waals surface area contributed by atoms with Gasteiger partial charge in [-0.15, -0.1) is 17.0 Å². The maximum absolute atomic E-state index is 9.74.